The highest BCUT2D eigenvalue weighted by molar-refractivity contribution is 5.52. The van der Waals surface area contributed by atoms with Gasteiger partial charge in [0.2, 0.25) is 0 Å². The van der Waals surface area contributed by atoms with Crippen molar-refractivity contribution in [2.45, 2.75) is 37.9 Å². The lowest BCUT2D eigenvalue weighted by Crippen LogP contribution is -2.42. The van der Waals surface area contributed by atoms with E-state index in [1.54, 1.807) is 14.2 Å². The van der Waals surface area contributed by atoms with E-state index in [0.717, 1.165) is 62.4 Å². The van der Waals surface area contributed by atoms with Crippen molar-refractivity contribution >= 4 is 0 Å². The first-order chi connectivity index (χ1) is 15.1. The van der Waals surface area contributed by atoms with Gasteiger partial charge in [-0.15, -0.1) is 0 Å². The molecule has 6 heteroatoms. The highest BCUT2D eigenvalue weighted by atomic mass is 19.1. The van der Waals surface area contributed by atoms with Crippen molar-refractivity contribution in [2.24, 2.45) is 11.7 Å². The summed E-state index contributed by atoms with van der Waals surface area (Å²) in [6, 6.07) is 10.8. The zero-order chi connectivity index (χ0) is 21.8. The molecule has 0 bridgehead atoms. The highest BCUT2D eigenvalue weighted by Crippen LogP contribution is 2.43. The molecule has 0 radical (unpaired) electrons. The number of likely N-dealkylation sites (tertiary alicyclic amines) is 1. The summed E-state index contributed by atoms with van der Waals surface area (Å²) in [6.07, 6.45) is 4.02. The molecule has 31 heavy (non-hydrogen) atoms. The smallest absolute Gasteiger partial charge is 0.164 e. The molecule has 0 aromatic heterocycles. The van der Waals surface area contributed by atoms with Crippen molar-refractivity contribution in [1.82, 2.24) is 4.90 Å². The molecule has 2 atom stereocenters. The van der Waals surface area contributed by atoms with Crippen LogP contribution in [0.2, 0.25) is 0 Å². The Kier molecular flexibility index (Phi) is 7.10. The summed E-state index contributed by atoms with van der Waals surface area (Å²) in [6.45, 7) is 3.57. The van der Waals surface area contributed by atoms with Gasteiger partial charge in [0.15, 0.2) is 11.5 Å². The number of halogens is 1. The van der Waals surface area contributed by atoms with Crippen LogP contribution in [0.3, 0.4) is 0 Å². The van der Waals surface area contributed by atoms with Crippen molar-refractivity contribution in [1.29, 1.82) is 0 Å². The molecule has 1 fully saturated rings. The molecule has 2 heterocycles. The average molecular weight is 429 g/mol. The first-order valence-corrected chi connectivity index (χ1v) is 11.2. The Bertz CT molecular complexity index is 866. The predicted molar refractivity (Wildman–Crippen MR) is 119 cm³/mol. The van der Waals surface area contributed by atoms with Gasteiger partial charge in [-0.05, 0) is 67.6 Å². The third-order valence-electron chi connectivity index (χ3n) is 6.78. The lowest BCUT2D eigenvalue weighted by atomic mass is 9.83. The molecule has 2 unspecified atom stereocenters. The largest absolute Gasteiger partial charge is 0.493 e. The second kappa shape index (κ2) is 9.98. The summed E-state index contributed by atoms with van der Waals surface area (Å²) in [5.74, 6) is 1.89. The number of rotatable bonds is 7. The third kappa shape index (κ3) is 4.86. The normalized spacial score (nSPS) is 22.2. The zero-order valence-corrected chi connectivity index (χ0v) is 18.5. The minimum absolute atomic E-state index is 0.106. The third-order valence-corrected chi connectivity index (χ3v) is 6.78. The Hall–Kier alpha value is -2.15. The van der Waals surface area contributed by atoms with E-state index in [1.807, 2.05) is 18.2 Å². The summed E-state index contributed by atoms with van der Waals surface area (Å²) >= 11 is 0. The van der Waals surface area contributed by atoms with E-state index in [9.17, 15) is 4.39 Å². The van der Waals surface area contributed by atoms with Gasteiger partial charge < -0.3 is 24.8 Å². The van der Waals surface area contributed by atoms with E-state index < -0.39 is 0 Å². The second-order valence-electron chi connectivity index (χ2n) is 8.53. The maximum atomic E-state index is 13.1. The molecule has 168 valence electrons. The SMILES string of the molecule is COc1ccc2c(c1OC)CC(C1CCN(CCc3ccc(F)cc3)CC1)OC2CN. The summed E-state index contributed by atoms with van der Waals surface area (Å²) in [4.78, 5) is 2.50. The zero-order valence-electron chi connectivity index (χ0n) is 18.5. The molecule has 2 aromatic rings. The number of nitrogens with two attached hydrogens (primary N) is 1. The first-order valence-electron chi connectivity index (χ1n) is 11.2. The van der Waals surface area contributed by atoms with E-state index in [0.29, 0.717) is 12.5 Å². The Labute approximate surface area is 184 Å². The average Bonchev–Trinajstić information content (AvgIpc) is 2.82. The fraction of sp³-hybridized carbons (Fsp3) is 0.520. The Balaban J connectivity index is 1.38. The molecule has 4 rings (SSSR count). The van der Waals surface area contributed by atoms with Crippen LogP contribution in [0.15, 0.2) is 36.4 Å². The fourth-order valence-corrected chi connectivity index (χ4v) is 5.00. The van der Waals surface area contributed by atoms with Crippen molar-refractivity contribution in [3.05, 3.63) is 58.9 Å². The standard InChI is InChI=1S/C25H33FN2O3/c1-29-22-8-7-20-21(25(22)30-2)15-23(31-24(20)16-27)18-10-13-28(14-11-18)12-9-17-3-5-19(26)6-4-17/h3-8,18,23-24H,9-16,27H2,1-2H3. The van der Waals surface area contributed by atoms with E-state index in [4.69, 9.17) is 19.9 Å². The van der Waals surface area contributed by atoms with E-state index in [1.165, 1.54) is 23.3 Å². The van der Waals surface area contributed by atoms with Crippen LogP contribution in [0.25, 0.3) is 0 Å². The minimum atomic E-state index is -0.177. The van der Waals surface area contributed by atoms with Gasteiger partial charge >= 0.3 is 0 Å². The molecule has 1 saturated heterocycles. The summed E-state index contributed by atoms with van der Waals surface area (Å²) < 4.78 is 30.8. The molecule has 0 aliphatic carbocycles. The number of methoxy groups -OCH3 is 2. The summed E-state index contributed by atoms with van der Waals surface area (Å²) in [5, 5.41) is 0. The maximum absolute atomic E-state index is 13.1. The quantitative estimate of drug-likeness (QED) is 0.728. The number of fused-ring (bicyclic) bond motifs is 1. The molecular formula is C25H33FN2O3. The number of hydrogen-bond acceptors (Lipinski definition) is 5. The molecule has 0 spiro atoms. The molecular weight excluding hydrogens is 395 g/mol. The molecule has 2 aromatic carbocycles. The van der Waals surface area contributed by atoms with Gasteiger partial charge in [-0.2, -0.15) is 0 Å². The molecule has 2 aliphatic rings. The van der Waals surface area contributed by atoms with E-state index in [2.05, 4.69) is 11.0 Å². The maximum Gasteiger partial charge on any atom is 0.164 e. The van der Waals surface area contributed by atoms with Crippen molar-refractivity contribution in [3.8, 4) is 11.5 Å². The van der Waals surface area contributed by atoms with Crippen LogP contribution in [0.4, 0.5) is 4.39 Å². The number of hydrogen-bond donors (Lipinski definition) is 1. The minimum Gasteiger partial charge on any atom is -0.493 e. The van der Waals surface area contributed by atoms with Gasteiger partial charge in [0.1, 0.15) is 5.82 Å². The van der Waals surface area contributed by atoms with Crippen LogP contribution in [-0.2, 0) is 17.6 Å². The van der Waals surface area contributed by atoms with Crippen LogP contribution in [0.1, 0.15) is 35.6 Å². The molecule has 0 saturated carbocycles. The van der Waals surface area contributed by atoms with Gasteiger partial charge in [-0.25, -0.2) is 4.39 Å². The van der Waals surface area contributed by atoms with Gasteiger partial charge in [-0.1, -0.05) is 18.2 Å². The molecule has 2 N–H and O–H groups in total. The van der Waals surface area contributed by atoms with Crippen LogP contribution >= 0.6 is 0 Å². The topological polar surface area (TPSA) is 57.0 Å². The number of ether oxygens (including phenoxy) is 3. The van der Waals surface area contributed by atoms with Crippen molar-refractivity contribution in [3.63, 3.8) is 0 Å². The number of nitrogens with zero attached hydrogens (tertiary/aromatic N) is 1. The Morgan fingerprint density at radius 2 is 1.81 bits per heavy atom. The van der Waals surface area contributed by atoms with Crippen molar-refractivity contribution in [2.75, 3.05) is 40.4 Å². The predicted octanol–water partition coefficient (Wildman–Crippen LogP) is 3.74. The van der Waals surface area contributed by atoms with Gasteiger partial charge in [0.25, 0.3) is 0 Å². The van der Waals surface area contributed by atoms with Crippen molar-refractivity contribution < 1.29 is 18.6 Å². The fourth-order valence-electron chi connectivity index (χ4n) is 5.00. The number of piperidine rings is 1. The second-order valence-corrected chi connectivity index (χ2v) is 8.53. The van der Waals surface area contributed by atoms with Crippen LogP contribution in [-0.4, -0.2) is 51.4 Å². The van der Waals surface area contributed by atoms with Crippen LogP contribution < -0.4 is 15.2 Å². The summed E-state index contributed by atoms with van der Waals surface area (Å²) in [5.41, 5.74) is 9.54. The monoisotopic (exact) mass is 428 g/mol. The molecule has 5 nitrogen and oxygen atoms in total. The van der Waals surface area contributed by atoms with E-state index in [-0.39, 0.29) is 18.0 Å². The molecule has 0 amide bonds. The number of benzene rings is 2. The first kappa shape index (κ1) is 22.1. The van der Waals surface area contributed by atoms with Gasteiger partial charge in [0.05, 0.1) is 26.4 Å². The highest BCUT2D eigenvalue weighted by Gasteiger charge is 2.36. The molecule has 2 aliphatic heterocycles. The Morgan fingerprint density at radius 1 is 1.06 bits per heavy atom. The van der Waals surface area contributed by atoms with Gasteiger partial charge in [-0.3, -0.25) is 0 Å². The lowest BCUT2D eigenvalue weighted by molar-refractivity contribution is -0.0646. The van der Waals surface area contributed by atoms with Crippen LogP contribution in [0, 0.1) is 11.7 Å². The summed E-state index contributed by atoms with van der Waals surface area (Å²) in [7, 11) is 3.36. The van der Waals surface area contributed by atoms with Gasteiger partial charge in [0, 0.05) is 25.1 Å². The lowest BCUT2D eigenvalue weighted by Gasteiger charge is -2.40. The van der Waals surface area contributed by atoms with Crippen LogP contribution in [0.5, 0.6) is 11.5 Å². The van der Waals surface area contributed by atoms with E-state index >= 15 is 0 Å². The Morgan fingerprint density at radius 3 is 2.45 bits per heavy atom.